The van der Waals surface area contributed by atoms with E-state index >= 15 is 0 Å². The van der Waals surface area contributed by atoms with Crippen molar-refractivity contribution < 1.29 is 22.6 Å². The van der Waals surface area contributed by atoms with Gasteiger partial charge in [-0.05, 0) is 54.8 Å². The summed E-state index contributed by atoms with van der Waals surface area (Å²) >= 11 is 0. The van der Waals surface area contributed by atoms with Crippen LogP contribution in [0.1, 0.15) is 96.6 Å². The first-order valence-corrected chi connectivity index (χ1v) is 16.0. The number of hydrogen-bond donors (Lipinski definition) is 2. The number of allylic oxidation sites excluding steroid dienone is 2. The second kappa shape index (κ2) is 18.8. The van der Waals surface area contributed by atoms with Crippen LogP contribution in [-0.4, -0.2) is 40.1 Å². The number of nitrogens with two attached hydrogens (primary N) is 1. The number of alkyl halides is 3. The molecule has 0 bridgehead atoms. The van der Waals surface area contributed by atoms with Gasteiger partial charge >= 0.3 is 6.18 Å². The zero-order chi connectivity index (χ0) is 32.5. The highest BCUT2D eigenvalue weighted by Gasteiger charge is 2.32. The summed E-state index contributed by atoms with van der Waals surface area (Å²) in [6.07, 6.45) is 12.2. The fourth-order valence-electron chi connectivity index (χ4n) is 4.86. The number of rotatable bonds is 20. The number of ether oxygens (including phenoxy) is 2. The summed E-state index contributed by atoms with van der Waals surface area (Å²) in [5.74, 6) is 1.18. The third-order valence-corrected chi connectivity index (χ3v) is 7.36. The molecule has 10 heteroatoms. The highest BCUT2D eigenvalue weighted by atomic mass is 19.4. The van der Waals surface area contributed by atoms with E-state index in [0.29, 0.717) is 53.3 Å². The van der Waals surface area contributed by atoms with Crippen LogP contribution in [-0.2, 0) is 0 Å². The van der Waals surface area contributed by atoms with Gasteiger partial charge in [0.25, 0.3) is 0 Å². The molecule has 0 saturated heterocycles. The molecule has 0 atom stereocenters. The number of nitrogens with one attached hydrogen (secondary N) is 1. The molecule has 0 aliphatic carbocycles. The Kier molecular flexibility index (Phi) is 14.8. The summed E-state index contributed by atoms with van der Waals surface area (Å²) in [7, 11) is 0. The van der Waals surface area contributed by atoms with Crippen LogP contribution < -0.4 is 15.2 Å². The standard InChI is InChI=1S/C35H46F3N5O2/c1-3-5-7-9-11-13-20-44-31-16-15-17-32(45-21-14-12-10-8-6-4-2)34(31)26-22-29(27(39)24-33(40)35(36,37)38)43-30(23-26)28-18-19-41-25-42-28/h15-19,22-25,39H,3-14,20-21,40H2,1-2H3. The first-order valence-electron chi connectivity index (χ1n) is 16.0. The van der Waals surface area contributed by atoms with E-state index in [-0.39, 0.29) is 5.69 Å². The summed E-state index contributed by atoms with van der Waals surface area (Å²) in [5, 5.41) is 8.46. The Labute approximate surface area is 265 Å². The molecule has 2 heterocycles. The van der Waals surface area contributed by atoms with E-state index in [4.69, 9.17) is 20.6 Å². The molecular formula is C35H46F3N5O2. The van der Waals surface area contributed by atoms with Gasteiger partial charge in [0.2, 0.25) is 0 Å². The van der Waals surface area contributed by atoms with Crippen molar-refractivity contribution in [3.63, 3.8) is 0 Å². The second-order valence-corrected chi connectivity index (χ2v) is 11.1. The first-order chi connectivity index (χ1) is 21.7. The van der Waals surface area contributed by atoms with Gasteiger partial charge in [0.15, 0.2) is 0 Å². The van der Waals surface area contributed by atoms with Gasteiger partial charge in [-0.2, -0.15) is 13.2 Å². The Bertz CT molecular complexity index is 1330. The number of pyridine rings is 1. The smallest absolute Gasteiger partial charge is 0.430 e. The number of benzene rings is 1. The minimum Gasteiger partial charge on any atom is -0.493 e. The van der Waals surface area contributed by atoms with E-state index in [0.717, 1.165) is 38.5 Å². The Balaban J connectivity index is 2.00. The van der Waals surface area contributed by atoms with Crippen LogP contribution >= 0.6 is 0 Å². The van der Waals surface area contributed by atoms with Crippen molar-refractivity contribution in [3.8, 4) is 34.0 Å². The lowest BCUT2D eigenvalue weighted by Gasteiger charge is -2.18. The average molecular weight is 626 g/mol. The molecule has 1 aromatic carbocycles. The van der Waals surface area contributed by atoms with E-state index in [2.05, 4.69) is 28.8 Å². The maximum atomic E-state index is 13.2. The van der Waals surface area contributed by atoms with Gasteiger partial charge in [-0.1, -0.05) is 84.1 Å². The van der Waals surface area contributed by atoms with Gasteiger partial charge in [-0.15, -0.1) is 0 Å². The van der Waals surface area contributed by atoms with Crippen LogP contribution in [0.15, 0.2) is 60.7 Å². The maximum absolute atomic E-state index is 13.2. The number of aromatic nitrogens is 3. The molecule has 0 spiro atoms. The van der Waals surface area contributed by atoms with Crippen LogP contribution in [0.25, 0.3) is 22.5 Å². The van der Waals surface area contributed by atoms with Gasteiger partial charge in [-0.25, -0.2) is 15.0 Å². The fraction of sp³-hybridized carbons (Fsp3) is 0.486. The molecule has 0 aliphatic rings. The summed E-state index contributed by atoms with van der Waals surface area (Å²) in [5.41, 5.74) is 5.43. The van der Waals surface area contributed by atoms with Crippen LogP contribution in [0.2, 0.25) is 0 Å². The summed E-state index contributed by atoms with van der Waals surface area (Å²) in [6, 6.07) is 10.6. The summed E-state index contributed by atoms with van der Waals surface area (Å²) in [4.78, 5) is 12.7. The summed E-state index contributed by atoms with van der Waals surface area (Å²) < 4.78 is 52.3. The van der Waals surface area contributed by atoms with E-state index < -0.39 is 17.6 Å². The highest BCUT2D eigenvalue weighted by Crippen LogP contribution is 2.40. The molecule has 7 nitrogen and oxygen atoms in total. The van der Waals surface area contributed by atoms with Gasteiger partial charge in [0.05, 0.1) is 41.6 Å². The molecule has 0 radical (unpaired) electrons. The Morgan fingerprint density at radius 1 is 0.822 bits per heavy atom. The predicted molar refractivity (Wildman–Crippen MR) is 174 cm³/mol. The maximum Gasteiger partial charge on any atom is 0.430 e. The zero-order valence-corrected chi connectivity index (χ0v) is 26.5. The molecule has 0 saturated carbocycles. The minimum atomic E-state index is -4.77. The van der Waals surface area contributed by atoms with Crippen molar-refractivity contribution in [1.29, 1.82) is 5.41 Å². The van der Waals surface area contributed by atoms with Crippen molar-refractivity contribution in [1.82, 2.24) is 15.0 Å². The van der Waals surface area contributed by atoms with E-state index in [1.54, 1.807) is 24.4 Å². The average Bonchev–Trinajstić information content (AvgIpc) is 3.03. The quantitative estimate of drug-likeness (QED) is 0.0957. The first kappa shape index (κ1) is 35.5. The van der Waals surface area contributed by atoms with E-state index in [1.165, 1.54) is 44.9 Å². The second-order valence-electron chi connectivity index (χ2n) is 11.1. The van der Waals surface area contributed by atoms with Crippen LogP contribution in [0, 0.1) is 5.41 Å². The zero-order valence-electron chi connectivity index (χ0n) is 26.5. The molecule has 0 fully saturated rings. The van der Waals surface area contributed by atoms with E-state index in [9.17, 15) is 13.2 Å². The van der Waals surface area contributed by atoms with Gasteiger partial charge < -0.3 is 15.2 Å². The Hall–Kier alpha value is -3.95. The number of halogens is 3. The number of nitrogens with zero attached hydrogens (tertiary/aromatic N) is 3. The predicted octanol–water partition coefficient (Wildman–Crippen LogP) is 9.46. The van der Waals surface area contributed by atoms with Crippen molar-refractivity contribution in [3.05, 3.63) is 66.4 Å². The normalized spacial score (nSPS) is 11.9. The van der Waals surface area contributed by atoms with Crippen molar-refractivity contribution in [2.24, 2.45) is 5.73 Å². The van der Waals surface area contributed by atoms with Crippen molar-refractivity contribution in [2.45, 2.75) is 97.1 Å². The Morgan fingerprint density at radius 2 is 1.40 bits per heavy atom. The van der Waals surface area contributed by atoms with Crippen LogP contribution in [0.5, 0.6) is 11.5 Å². The number of unbranched alkanes of at least 4 members (excludes halogenated alkanes) is 10. The third kappa shape index (κ3) is 11.8. The van der Waals surface area contributed by atoms with Gasteiger partial charge in [0, 0.05) is 6.20 Å². The number of hydrogen-bond acceptors (Lipinski definition) is 7. The largest absolute Gasteiger partial charge is 0.493 e. The molecule has 244 valence electrons. The molecule has 2 aromatic heterocycles. The topological polar surface area (TPSA) is 107 Å². The molecule has 3 rings (SSSR count). The van der Waals surface area contributed by atoms with Crippen LogP contribution in [0.3, 0.4) is 0 Å². The molecule has 3 aromatic rings. The van der Waals surface area contributed by atoms with Crippen molar-refractivity contribution >= 4 is 5.71 Å². The molecule has 45 heavy (non-hydrogen) atoms. The molecule has 0 unspecified atom stereocenters. The highest BCUT2D eigenvalue weighted by molar-refractivity contribution is 6.06. The third-order valence-electron chi connectivity index (χ3n) is 7.36. The minimum absolute atomic E-state index is 0.000846. The Morgan fingerprint density at radius 3 is 1.93 bits per heavy atom. The lowest BCUT2D eigenvalue weighted by Crippen LogP contribution is -2.21. The van der Waals surface area contributed by atoms with Gasteiger partial charge in [0.1, 0.15) is 23.5 Å². The lowest BCUT2D eigenvalue weighted by atomic mass is 10.00. The summed E-state index contributed by atoms with van der Waals surface area (Å²) in [6.45, 7) is 5.40. The SMILES string of the molecule is CCCCCCCCOc1cccc(OCCCCCCCC)c1-c1cc(C(=N)C=C(N)C(F)(F)F)nc(-c2ccncn2)c1. The monoisotopic (exact) mass is 625 g/mol. The van der Waals surface area contributed by atoms with Crippen molar-refractivity contribution in [2.75, 3.05) is 13.2 Å². The van der Waals surface area contributed by atoms with E-state index in [1.807, 2.05) is 18.2 Å². The molecule has 3 N–H and O–H groups in total. The fourth-order valence-corrected chi connectivity index (χ4v) is 4.86. The van der Waals surface area contributed by atoms with Gasteiger partial charge in [-0.3, -0.25) is 5.41 Å². The molecule has 0 aliphatic heterocycles. The lowest BCUT2D eigenvalue weighted by molar-refractivity contribution is -0.0925. The molecular weight excluding hydrogens is 579 g/mol. The van der Waals surface area contributed by atoms with Crippen LogP contribution in [0.4, 0.5) is 13.2 Å². The molecule has 0 amide bonds.